The summed E-state index contributed by atoms with van der Waals surface area (Å²) in [5.41, 5.74) is 4.86. The monoisotopic (exact) mass is 360 g/mol. The van der Waals surface area contributed by atoms with Crippen LogP contribution in [0.5, 0.6) is 0 Å². The summed E-state index contributed by atoms with van der Waals surface area (Å²) in [6.07, 6.45) is 3.84. The molecule has 26 heavy (non-hydrogen) atoms. The molecule has 0 fully saturated rings. The quantitative estimate of drug-likeness (QED) is 0.721. The average Bonchev–Trinajstić information content (AvgIpc) is 3.35. The highest BCUT2D eigenvalue weighted by Gasteiger charge is 2.37. The Hall–Kier alpha value is -2.46. The van der Waals surface area contributed by atoms with Crippen LogP contribution in [0, 0.1) is 0 Å². The van der Waals surface area contributed by atoms with Gasteiger partial charge < -0.3 is 9.88 Å². The van der Waals surface area contributed by atoms with Gasteiger partial charge in [0.1, 0.15) is 0 Å². The van der Waals surface area contributed by atoms with Gasteiger partial charge in [0.25, 0.3) is 0 Å². The predicted octanol–water partition coefficient (Wildman–Crippen LogP) is 4.66. The fraction of sp³-hybridized carbons (Fsp3) is 0.227. The van der Waals surface area contributed by atoms with Gasteiger partial charge in [-0.2, -0.15) is 0 Å². The third-order valence-electron chi connectivity index (χ3n) is 5.40. The van der Waals surface area contributed by atoms with E-state index in [1.54, 1.807) is 11.8 Å². The maximum atomic E-state index is 13.3. The number of aromatic nitrogens is 1. The summed E-state index contributed by atoms with van der Waals surface area (Å²) in [5.74, 6) is 0.248. The van der Waals surface area contributed by atoms with Gasteiger partial charge in [-0.3, -0.25) is 4.79 Å². The number of benzene rings is 2. The van der Waals surface area contributed by atoms with Crippen molar-refractivity contribution >= 4 is 28.6 Å². The first-order chi connectivity index (χ1) is 12.8. The van der Waals surface area contributed by atoms with Gasteiger partial charge in [0.15, 0.2) is 0 Å². The van der Waals surface area contributed by atoms with E-state index in [-0.39, 0.29) is 17.2 Å². The second-order valence-corrected chi connectivity index (χ2v) is 8.00. The lowest BCUT2D eigenvalue weighted by Crippen LogP contribution is -2.44. The topological polar surface area (TPSA) is 36.1 Å². The molecule has 2 atom stereocenters. The molecule has 0 spiro atoms. The summed E-state index contributed by atoms with van der Waals surface area (Å²) in [6.45, 7) is 0.768. The van der Waals surface area contributed by atoms with Gasteiger partial charge >= 0.3 is 0 Å². The van der Waals surface area contributed by atoms with Crippen molar-refractivity contribution in [1.29, 1.82) is 0 Å². The Labute approximate surface area is 157 Å². The van der Waals surface area contributed by atoms with Crippen LogP contribution in [0.1, 0.15) is 29.3 Å². The van der Waals surface area contributed by atoms with E-state index in [0.717, 1.165) is 24.9 Å². The normalized spacial score (nSPS) is 21.9. The predicted molar refractivity (Wildman–Crippen MR) is 107 cm³/mol. The van der Waals surface area contributed by atoms with E-state index in [1.807, 2.05) is 6.07 Å². The number of rotatable bonds is 2. The molecule has 0 aliphatic carbocycles. The van der Waals surface area contributed by atoms with Crippen molar-refractivity contribution in [1.82, 2.24) is 9.88 Å². The van der Waals surface area contributed by atoms with E-state index >= 15 is 0 Å². The first kappa shape index (κ1) is 15.8. The van der Waals surface area contributed by atoms with Crippen molar-refractivity contribution < 1.29 is 4.79 Å². The van der Waals surface area contributed by atoms with Crippen molar-refractivity contribution in [3.05, 3.63) is 82.9 Å². The number of carbonyl (C=O) groups is 1. The Morgan fingerprint density at radius 1 is 1.08 bits per heavy atom. The molecule has 2 unspecified atom stereocenters. The van der Waals surface area contributed by atoms with Crippen LogP contribution in [0.4, 0.5) is 0 Å². The molecule has 1 N–H and O–H groups in total. The molecule has 0 saturated heterocycles. The van der Waals surface area contributed by atoms with Gasteiger partial charge in [-0.15, -0.1) is 11.8 Å². The molecule has 130 valence electrons. The van der Waals surface area contributed by atoms with Crippen LogP contribution in [-0.2, 0) is 11.2 Å². The molecule has 2 aromatic carbocycles. The zero-order valence-electron chi connectivity index (χ0n) is 14.4. The molecule has 2 aliphatic heterocycles. The second kappa shape index (κ2) is 6.36. The minimum Gasteiger partial charge on any atom is -0.356 e. The molecular weight excluding hydrogens is 340 g/mol. The van der Waals surface area contributed by atoms with Gasteiger partial charge in [0, 0.05) is 23.1 Å². The molecule has 2 aliphatic rings. The van der Waals surface area contributed by atoms with Crippen LogP contribution in [0.3, 0.4) is 0 Å². The fourth-order valence-electron chi connectivity index (χ4n) is 4.19. The Kier molecular flexibility index (Phi) is 3.86. The number of H-pyrrole nitrogens is 1. The zero-order valence-corrected chi connectivity index (χ0v) is 15.2. The lowest BCUT2D eigenvalue weighted by molar-refractivity contribution is -0.132. The largest absolute Gasteiger partial charge is 0.356 e. The van der Waals surface area contributed by atoms with Crippen molar-refractivity contribution in [2.24, 2.45) is 0 Å². The minimum absolute atomic E-state index is 0.0205. The van der Waals surface area contributed by atoms with E-state index in [4.69, 9.17) is 0 Å². The number of hydrogen-bond acceptors (Lipinski definition) is 2. The van der Waals surface area contributed by atoms with E-state index < -0.39 is 0 Å². The van der Waals surface area contributed by atoms with Crippen molar-refractivity contribution in [2.75, 3.05) is 6.54 Å². The molecule has 0 radical (unpaired) electrons. The molecule has 0 bridgehead atoms. The number of carbonyl (C=O) groups excluding carboxylic acids is 1. The highest BCUT2D eigenvalue weighted by atomic mass is 32.2. The SMILES string of the molecule is O=C(C1CC=CS1)N1CCc2c([nH]c3ccccc23)C1c1ccccc1. The van der Waals surface area contributed by atoms with Crippen molar-refractivity contribution in [3.63, 3.8) is 0 Å². The van der Waals surface area contributed by atoms with Crippen LogP contribution < -0.4 is 0 Å². The summed E-state index contributed by atoms with van der Waals surface area (Å²) < 4.78 is 0. The molecular formula is C22H20N2OS. The Morgan fingerprint density at radius 3 is 2.69 bits per heavy atom. The summed E-state index contributed by atoms with van der Waals surface area (Å²) in [5, 5.41) is 3.36. The molecule has 1 amide bonds. The number of nitrogens with zero attached hydrogens (tertiary/aromatic N) is 1. The van der Waals surface area contributed by atoms with Crippen LogP contribution in [0.15, 0.2) is 66.1 Å². The van der Waals surface area contributed by atoms with Gasteiger partial charge in [0.05, 0.1) is 11.3 Å². The zero-order chi connectivity index (χ0) is 17.5. The summed E-state index contributed by atoms with van der Waals surface area (Å²) in [6, 6.07) is 18.8. The maximum Gasteiger partial charge on any atom is 0.237 e. The number of thioether (sulfide) groups is 1. The molecule has 3 nitrogen and oxygen atoms in total. The smallest absolute Gasteiger partial charge is 0.237 e. The number of allylic oxidation sites excluding steroid dienone is 1. The maximum absolute atomic E-state index is 13.3. The van der Waals surface area contributed by atoms with Crippen LogP contribution in [-0.4, -0.2) is 27.6 Å². The van der Waals surface area contributed by atoms with Gasteiger partial charge in [-0.05, 0) is 35.4 Å². The molecule has 1 aromatic heterocycles. The standard InChI is InChI=1S/C22H20N2OS/c25-22(19-11-6-14-26-19)24-13-12-17-16-9-4-5-10-18(16)23-20(17)21(24)15-7-2-1-3-8-15/h1-10,14,19,21,23H,11-13H2. The number of amides is 1. The first-order valence-electron chi connectivity index (χ1n) is 9.08. The van der Waals surface area contributed by atoms with Gasteiger partial charge in [-0.25, -0.2) is 0 Å². The van der Waals surface area contributed by atoms with E-state index in [1.165, 1.54) is 22.2 Å². The fourth-order valence-corrected chi connectivity index (χ4v) is 5.08. The Bertz CT molecular complexity index is 984. The minimum atomic E-state index is -0.0407. The molecule has 5 rings (SSSR count). The van der Waals surface area contributed by atoms with Crippen molar-refractivity contribution in [3.8, 4) is 0 Å². The van der Waals surface area contributed by atoms with Crippen LogP contribution in [0.25, 0.3) is 10.9 Å². The summed E-state index contributed by atoms with van der Waals surface area (Å²) in [4.78, 5) is 19.0. The van der Waals surface area contributed by atoms with Crippen LogP contribution in [0.2, 0.25) is 0 Å². The average molecular weight is 360 g/mol. The van der Waals surface area contributed by atoms with E-state index in [9.17, 15) is 4.79 Å². The van der Waals surface area contributed by atoms with Gasteiger partial charge in [0.2, 0.25) is 5.91 Å². The summed E-state index contributed by atoms with van der Waals surface area (Å²) >= 11 is 1.65. The van der Waals surface area contributed by atoms with Crippen molar-refractivity contribution in [2.45, 2.75) is 24.1 Å². The lowest BCUT2D eigenvalue weighted by atomic mass is 9.92. The third-order valence-corrected chi connectivity index (χ3v) is 6.47. The van der Waals surface area contributed by atoms with E-state index in [0.29, 0.717) is 0 Å². The number of nitrogens with one attached hydrogen (secondary N) is 1. The summed E-state index contributed by atoms with van der Waals surface area (Å²) in [7, 11) is 0. The number of aromatic amines is 1. The highest BCUT2D eigenvalue weighted by Crippen LogP contribution is 2.40. The Morgan fingerprint density at radius 2 is 1.88 bits per heavy atom. The second-order valence-electron chi connectivity index (χ2n) is 6.89. The van der Waals surface area contributed by atoms with E-state index in [2.05, 4.69) is 69.9 Å². The highest BCUT2D eigenvalue weighted by molar-refractivity contribution is 8.03. The number of fused-ring (bicyclic) bond motifs is 3. The number of para-hydroxylation sites is 1. The Balaban J connectivity index is 1.64. The molecule has 3 heterocycles. The lowest BCUT2D eigenvalue weighted by Gasteiger charge is -2.37. The third kappa shape index (κ3) is 2.48. The number of hydrogen-bond donors (Lipinski definition) is 1. The first-order valence-corrected chi connectivity index (χ1v) is 10.0. The van der Waals surface area contributed by atoms with Crippen LogP contribution >= 0.6 is 11.8 Å². The molecule has 3 aromatic rings. The molecule has 4 heteroatoms. The van der Waals surface area contributed by atoms with Gasteiger partial charge in [-0.1, -0.05) is 54.6 Å². The molecule has 0 saturated carbocycles.